The number of hydrogen-bond acceptors (Lipinski definition) is 1. The Morgan fingerprint density at radius 2 is 0.787 bits per heavy atom. The van der Waals surface area contributed by atoms with Crippen molar-refractivity contribution in [3.05, 3.63) is 151 Å². The summed E-state index contributed by atoms with van der Waals surface area (Å²) in [5.74, 6) is 3.69. The Balaban J connectivity index is 2.13. The molecule has 0 amide bonds. The van der Waals surface area contributed by atoms with Crippen LogP contribution in [0.15, 0.2) is 83.5 Å². The second-order valence-electron chi connectivity index (χ2n) is 14.0. The molecule has 0 unspecified atom stereocenters. The minimum Gasteiger partial charge on any atom is -0.275 e. The molecule has 0 atom stereocenters. The highest BCUT2D eigenvalue weighted by Gasteiger charge is 2.53. The van der Waals surface area contributed by atoms with E-state index in [4.69, 9.17) is 4.66 Å². The SMILES string of the molecule is Cc1cc(C)c([Si](c2c(C)cc(C)cc2C)[Si](N=C=Cc2ccccc2)(c2c(C)cc(C)cc2C)c2c(C)cc(C)cc2C)c(C)c1. The van der Waals surface area contributed by atoms with Crippen molar-refractivity contribution in [2.24, 2.45) is 4.66 Å². The van der Waals surface area contributed by atoms with E-state index in [0.717, 1.165) is 5.56 Å². The summed E-state index contributed by atoms with van der Waals surface area (Å²) in [4.78, 5) is 0. The summed E-state index contributed by atoms with van der Waals surface area (Å²) >= 11 is 0. The van der Waals surface area contributed by atoms with E-state index in [0.29, 0.717) is 0 Å². The molecule has 0 aliphatic rings. The van der Waals surface area contributed by atoms with Crippen molar-refractivity contribution < 1.29 is 0 Å². The standard InChI is InChI=1S/C44H50NSi2/c1-28-20-32(5)41(33(6)21-28)46(42-34(7)22-29(2)23-35(42)8)47(43-36(9)24-30(3)25-37(43)10,44-38(11)26-31(4)27-39(44)12)45-19-18-40-16-14-13-15-17-40/h13-18,20-27H,1-12H3. The molecule has 5 aromatic rings. The molecule has 1 nitrogen and oxygen atoms in total. The zero-order valence-electron chi connectivity index (χ0n) is 30.5. The van der Waals surface area contributed by atoms with Gasteiger partial charge in [-0.25, -0.2) is 0 Å². The summed E-state index contributed by atoms with van der Waals surface area (Å²) < 4.78 is 6.03. The topological polar surface area (TPSA) is 12.4 Å². The molecule has 0 bridgehead atoms. The molecule has 0 aliphatic heterocycles. The van der Waals surface area contributed by atoms with Gasteiger partial charge in [0.05, 0.1) is 0 Å². The van der Waals surface area contributed by atoms with Crippen molar-refractivity contribution in [1.29, 1.82) is 0 Å². The van der Waals surface area contributed by atoms with E-state index < -0.39 is 16.1 Å². The predicted molar refractivity (Wildman–Crippen MR) is 211 cm³/mol. The molecule has 0 aliphatic carbocycles. The van der Waals surface area contributed by atoms with E-state index in [9.17, 15) is 0 Å². The molecule has 0 fully saturated rings. The highest BCUT2D eigenvalue weighted by molar-refractivity contribution is 7.51. The summed E-state index contributed by atoms with van der Waals surface area (Å²) in [7, 11) is -4.75. The summed E-state index contributed by atoms with van der Waals surface area (Å²) in [5.41, 5.74) is 17.2. The number of nitrogens with zero attached hydrogens (tertiary/aromatic N) is 1. The van der Waals surface area contributed by atoms with Crippen LogP contribution in [0.2, 0.25) is 0 Å². The van der Waals surface area contributed by atoms with Gasteiger partial charge >= 0.3 is 0 Å². The Morgan fingerprint density at radius 3 is 1.13 bits per heavy atom. The third kappa shape index (κ3) is 6.58. The molecule has 0 heterocycles. The molecular formula is C44H50NSi2. The van der Waals surface area contributed by atoms with Crippen LogP contribution in [0, 0.1) is 83.1 Å². The van der Waals surface area contributed by atoms with Gasteiger partial charge in [0.15, 0.2) is 8.31 Å². The van der Waals surface area contributed by atoms with Gasteiger partial charge in [-0.15, -0.1) is 0 Å². The number of hydrogen-bond donors (Lipinski definition) is 0. The van der Waals surface area contributed by atoms with Crippen LogP contribution in [0.3, 0.4) is 0 Å². The molecular weight excluding hydrogens is 599 g/mol. The highest BCUT2D eigenvalue weighted by Crippen LogP contribution is 2.26. The van der Waals surface area contributed by atoms with Crippen molar-refractivity contribution >= 4 is 48.8 Å². The largest absolute Gasteiger partial charge is 0.275 e. The van der Waals surface area contributed by atoms with Crippen LogP contribution < -0.4 is 20.7 Å². The monoisotopic (exact) mass is 648 g/mol. The molecule has 0 spiro atoms. The average Bonchev–Trinajstić information content (AvgIpc) is 2.94. The fourth-order valence-corrected chi connectivity index (χ4v) is 24.1. The van der Waals surface area contributed by atoms with Crippen LogP contribution in [0.1, 0.15) is 72.3 Å². The zero-order chi connectivity index (χ0) is 34.2. The molecule has 5 aromatic carbocycles. The number of aryl methyl sites for hydroxylation is 12. The Hall–Kier alpha value is -4.02. The molecule has 0 saturated carbocycles. The lowest BCUT2D eigenvalue weighted by molar-refractivity contribution is 1.32. The van der Waals surface area contributed by atoms with Gasteiger partial charge in [-0.3, -0.25) is 4.66 Å². The summed E-state index contributed by atoms with van der Waals surface area (Å²) in [5, 5.41) is 5.90. The predicted octanol–water partition coefficient (Wildman–Crippen LogP) is 8.22. The fraction of sp³-hybridized carbons (Fsp3) is 0.273. The minimum atomic E-state index is -3.11. The maximum Gasteiger partial charge on any atom is 0.250 e. The van der Waals surface area contributed by atoms with E-state index in [1.165, 1.54) is 87.5 Å². The van der Waals surface area contributed by atoms with E-state index in [1.54, 1.807) is 0 Å². The maximum absolute atomic E-state index is 6.03. The molecule has 3 heteroatoms. The van der Waals surface area contributed by atoms with Crippen LogP contribution in [0.25, 0.3) is 6.08 Å². The average molecular weight is 649 g/mol. The smallest absolute Gasteiger partial charge is 0.250 e. The van der Waals surface area contributed by atoms with Crippen LogP contribution >= 0.6 is 0 Å². The van der Waals surface area contributed by atoms with E-state index in [-0.39, 0.29) is 0 Å². The van der Waals surface area contributed by atoms with Crippen LogP contribution in [0.4, 0.5) is 0 Å². The lowest BCUT2D eigenvalue weighted by Gasteiger charge is -2.41. The van der Waals surface area contributed by atoms with E-state index >= 15 is 0 Å². The zero-order valence-corrected chi connectivity index (χ0v) is 32.5. The van der Waals surface area contributed by atoms with Crippen molar-refractivity contribution in [2.45, 2.75) is 83.1 Å². The summed E-state index contributed by atoms with van der Waals surface area (Å²) in [6.45, 7) is 27.6. The normalized spacial score (nSPS) is 11.5. The molecule has 5 rings (SSSR count). The first-order valence-corrected chi connectivity index (χ1v) is 21.3. The fourth-order valence-electron chi connectivity index (χ4n) is 8.43. The minimum absolute atomic E-state index is 1.12. The van der Waals surface area contributed by atoms with Crippen molar-refractivity contribution in [2.75, 3.05) is 0 Å². The second kappa shape index (κ2) is 13.6. The molecule has 0 saturated heterocycles. The number of benzene rings is 5. The lowest BCUT2D eigenvalue weighted by atomic mass is 10.1. The van der Waals surface area contributed by atoms with Crippen molar-refractivity contribution in [1.82, 2.24) is 0 Å². The van der Waals surface area contributed by atoms with E-state index in [1.807, 2.05) is 0 Å². The quantitative estimate of drug-likeness (QED) is 0.125. The first-order valence-electron chi connectivity index (χ1n) is 16.8. The molecule has 0 aromatic heterocycles. The highest BCUT2D eigenvalue weighted by atomic mass is 29.2. The van der Waals surface area contributed by atoms with Gasteiger partial charge in [-0.2, -0.15) is 0 Å². The second-order valence-corrected chi connectivity index (χ2v) is 22.0. The van der Waals surface area contributed by atoms with Crippen molar-refractivity contribution in [3.8, 4) is 0 Å². The molecule has 239 valence electrons. The van der Waals surface area contributed by atoms with Gasteiger partial charge in [0.1, 0.15) is 0 Å². The van der Waals surface area contributed by atoms with Gasteiger partial charge in [0.25, 0.3) is 7.75 Å². The Labute approximate surface area is 286 Å². The maximum atomic E-state index is 6.03. The van der Waals surface area contributed by atoms with Gasteiger partial charge in [0.2, 0.25) is 0 Å². The third-order valence-corrected chi connectivity index (χ3v) is 21.9. The Kier molecular flexibility index (Phi) is 9.94. The van der Waals surface area contributed by atoms with E-state index in [2.05, 4.69) is 174 Å². The van der Waals surface area contributed by atoms with Crippen LogP contribution in [-0.2, 0) is 0 Å². The Bertz CT molecular complexity index is 1840. The first-order chi connectivity index (χ1) is 22.2. The van der Waals surface area contributed by atoms with Gasteiger partial charge in [-0.05, 0) is 138 Å². The van der Waals surface area contributed by atoms with Crippen molar-refractivity contribution in [3.63, 3.8) is 0 Å². The molecule has 0 N–H and O–H groups in total. The van der Waals surface area contributed by atoms with Gasteiger partial charge in [0, 0.05) is 6.08 Å². The number of rotatable bonds is 7. The summed E-state index contributed by atoms with van der Waals surface area (Å²) in [6, 6.07) is 29.7. The van der Waals surface area contributed by atoms with Gasteiger partial charge < -0.3 is 0 Å². The van der Waals surface area contributed by atoms with Crippen LogP contribution in [-0.4, -0.2) is 21.9 Å². The summed E-state index contributed by atoms with van der Waals surface area (Å²) in [6.07, 6.45) is 2.10. The molecule has 47 heavy (non-hydrogen) atoms. The molecule has 1 radical (unpaired) electrons. The third-order valence-electron chi connectivity index (χ3n) is 9.56. The van der Waals surface area contributed by atoms with Crippen LogP contribution in [0.5, 0.6) is 0 Å². The lowest BCUT2D eigenvalue weighted by Crippen LogP contribution is -2.78. The van der Waals surface area contributed by atoms with Gasteiger partial charge in [-0.1, -0.05) is 123 Å². The Morgan fingerprint density at radius 1 is 0.468 bits per heavy atom. The first kappa shape index (κ1) is 34.3.